The molecule has 2 atom stereocenters. The van der Waals surface area contributed by atoms with Crippen molar-refractivity contribution >= 4 is 23.2 Å². The van der Waals surface area contributed by atoms with Gasteiger partial charge in [-0.05, 0) is 37.1 Å². The van der Waals surface area contributed by atoms with Crippen LogP contribution in [0.1, 0.15) is 18.9 Å². The smallest absolute Gasteiger partial charge is 0.323 e. The molecule has 7 heteroatoms. The van der Waals surface area contributed by atoms with Gasteiger partial charge in [-0.3, -0.25) is 4.79 Å². The van der Waals surface area contributed by atoms with Crippen LogP contribution in [0.15, 0.2) is 18.2 Å². The summed E-state index contributed by atoms with van der Waals surface area (Å²) in [4.78, 5) is 12.0. The van der Waals surface area contributed by atoms with Crippen molar-refractivity contribution in [3.63, 3.8) is 0 Å². The van der Waals surface area contributed by atoms with Gasteiger partial charge in [-0.25, -0.2) is 0 Å². The van der Waals surface area contributed by atoms with Gasteiger partial charge in [0.15, 0.2) is 0 Å². The minimum absolute atomic E-state index is 0.0209. The highest BCUT2D eigenvalue weighted by Gasteiger charge is 2.32. The predicted octanol–water partition coefficient (Wildman–Crippen LogP) is 3.30. The molecule has 0 saturated carbocycles. The lowest BCUT2D eigenvalue weighted by molar-refractivity contribution is -0.137. The van der Waals surface area contributed by atoms with Crippen LogP contribution in [0.3, 0.4) is 0 Å². The number of anilines is 1. The molecule has 1 saturated heterocycles. The first-order chi connectivity index (χ1) is 9.29. The molecular weight excluding hydrogens is 293 g/mol. The van der Waals surface area contributed by atoms with Crippen LogP contribution in [0.4, 0.5) is 18.9 Å². The molecule has 0 radical (unpaired) electrons. The Morgan fingerprint density at radius 3 is 2.70 bits per heavy atom. The van der Waals surface area contributed by atoms with E-state index in [2.05, 4.69) is 10.6 Å². The summed E-state index contributed by atoms with van der Waals surface area (Å²) in [6, 6.07) is 2.46. The fourth-order valence-corrected chi connectivity index (χ4v) is 2.36. The van der Waals surface area contributed by atoms with E-state index in [9.17, 15) is 18.0 Å². The van der Waals surface area contributed by atoms with Crippen molar-refractivity contribution in [2.75, 3.05) is 11.9 Å². The van der Waals surface area contributed by atoms with Crippen molar-refractivity contribution in [1.29, 1.82) is 0 Å². The Kier molecular flexibility index (Phi) is 4.25. The summed E-state index contributed by atoms with van der Waals surface area (Å²) >= 11 is 5.83. The molecule has 110 valence electrons. The Morgan fingerprint density at radius 1 is 1.45 bits per heavy atom. The van der Waals surface area contributed by atoms with Crippen LogP contribution in [0.5, 0.6) is 0 Å². The second-order valence-electron chi connectivity index (χ2n) is 4.88. The van der Waals surface area contributed by atoms with E-state index in [1.165, 1.54) is 0 Å². The quantitative estimate of drug-likeness (QED) is 0.880. The molecule has 1 fully saturated rings. The number of alkyl halides is 3. The zero-order valence-electron chi connectivity index (χ0n) is 10.7. The fourth-order valence-electron chi connectivity index (χ4n) is 2.19. The molecule has 1 aromatic rings. The lowest BCUT2D eigenvalue weighted by Gasteiger charge is -2.17. The van der Waals surface area contributed by atoms with Crippen molar-refractivity contribution < 1.29 is 18.0 Å². The fraction of sp³-hybridized carbons (Fsp3) is 0.462. The van der Waals surface area contributed by atoms with Crippen LogP contribution >= 0.6 is 11.6 Å². The zero-order chi connectivity index (χ0) is 14.9. The van der Waals surface area contributed by atoms with Crippen LogP contribution in [-0.4, -0.2) is 18.5 Å². The molecule has 2 N–H and O–H groups in total. The summed E-state index contributed by atoms with van der Waals surface area (Å²) in [5, 5.41) is 5.56. The van der Waals surface area contributed by atoms with Gasteiger partial charge in [0.25, 0.3) is 0 Å². The highest BCUT2D eigenvalue weighted by molar-refractivity contribution is 6.33. The third kappa shape index (κ3) is 3.24. The third-order valence-corrected chi connectivity index (χ3v) is 3.70. The average molecular weight is 307 g/mol. The normalized spacial score (nSPS) is 22.9. The molecule has 1 aliphatic heterocycles. The van der Waals surface area contributed by atoms with Gasteiger partial charge in [-0.1, -0.05) is 18.5 Å². The van der Waals surface area contributed by atoms with E-state index >= 15 is 0 Å². The first-order valence-corrected chi connectivity index (χ1v) is 6.58. The lowest BCUT2D eigenvalue weighted by atomic mass is 10.0. The first kappa shape index (κ1) is 15.1. The second kappa shape index (κ2) is 5.61. The number of amides is 1. The summed E-state index contributed by atoms with van der Waals surface area (Å²) in [6.45, 7) is 2.63. The summed E-state index contributed by atoms with van der Waals surface area (Å²) in [7, 11) is 0. The third-order valence-electron chi connectivity index (χ3n) is 3.37. The minimum Gasteiger partial charge on any atom is -0.323 e. The molecule has 1 aliphatic rings. The van der Waals surface area contributed by atoms with Gasteiger partial charge < -0.3 is 10.6 Å². The topological polar surface area (TPSA) is 41.1 Å². The van der Waals surface area contributed by atoms with Crippen molar-refractivity contribution in [2.24, 2.45) is 5.92 Å². The monoisotopic (exact) mass is 306 g/mol. The van der Waals surface area contributed by atoms with E-state index in [4.69, 9.17) is 11.6 Å². The molecule has 2 unspecified atom stereocenters. The van der Waals surface area contributed by atoms with Gasteiger partial charge in [0, 0.05) is 0 Å². The summed E-state index contributed by atoms with van der Waals surface area (Å²) in [5.74, 6) is -0.226. The maximum atomic E-state index is 12.6. The lowest BCUT2D eigenvalue weighted by Crippen LogP contribution is -2.39. The average Bonchev–Trinajstić information content (AvgIpc) is 2.77. The van der Waals surface area contributed by atoms with Crippen LogP contribution < -0.4 is 10.6 Å². The van der Waals surface area contributed by atoms with Crippen molar-refractivity contribution in [3.05, 3.63) is 28.8 Å². The van der Waals surface area contributed by atoms with E-state index in [0.29, 0.717) is 0 Å². The Labute approximate surface area is 119 Å². The maximum Gasteiger partial charge on any atom is 0.416 e. The predicted molar refractivity (Wildman–Crippen MR) is 70.7 cm³/mol. The molecule has 2 rings (SSSR count). The van der Waals surface area contributed by atoms with Gasteiger partial charge in [0.05, 0.1) is 22.3 Å². The van der Waals surface area contributed by atoms with E-state index in [-0.39, 0.29) is 22.5 Å². The van der Waals surface area contributed by atoms with E-state index in [1.807, 2.05) is 6.92 Å². The number of benzene rings is 1. The Morgan fingerprint density at radius 2 is 2.15 bits per heavy atom. The standard InChI is InChI=1S/C13H14ClF3N2O/c1-7-4-5-18-11(7)12(20)19-10-6-8(13(15,16)17)2-3-9(10)14/h2-3,6-7,11,18H,4-5H2,1H3,(H,19,20). The van der Waals surface area contributed by atoms with Gasteiger partial charge >= 0.3 is 6.18 Å². The molecule has 0 spiro atoms. The zero-order valence-corrected chi connectivity index (χ0v) is 11.5. The highest BCUT2D eigenvalue weighted by atomic mass is 35.5. The second-order valence-corrected chi connectivity index (χ2v) is 5.29. The number of carbonyl (C=O) groups excluding carboxylic acids is 1. The Bertz CT molecular complexity index is 519. The Balaban J connectivity index is 2.18. The molecule has 1 amide bonds. The summed E-state index contributed by atoms with van der Waals surface area (Å²) in [6.07, 6.45) is -3.61. The molecule has 0 bridgehead atoms. The van der Waals surface area contributed by atoms with Gasteiger partial charge in [0.2, 0.25) is 5.91 Å². The van der Waals surface area contributed by atoms with Gasteiger partial charge in [-0.2, -0.15) is 13.2 Å². The van der Waals surface area contributed by atoms with Crippen LogP contribution in [0.2, 0.25) is 5.02 Å². The SMILES string of the molecule is CC1CCNC1C(=O)Nc1cc(C(F)(F)F)ccc1Cl. The molecule has 0 aliphatic carbocycles. The van der Waals surface area contributed by atoms with Gasteiger partial charge in [-0.15, -0.1) is 0 Å². The van der Waals surface area contributed by atoms with E-state index in [0.717, 1.165) is 31.2 Å². The molecular formula is C13H14ClF3N2O. The van der Waals surface area contributed by atoms with Crippen LogP contribution in [-0.2, 0) is 11.0 Å². The molecule has 1 heterocycles. The van der Waals surface area contributed by atoms with E-state index < -0.39 is 17.8 Å². The van der Waals surface area contributed by atoms with Crippen LogP contribution in [0, 0.1) is 5.92 Å². The molecule has 1 aromatic carbocycles. The number of rotatable bonds is 2. The number of halogens is 4. The molecule has 20 heavy (non-hydrogen) atoms. The summed E-state index contributed by atoms with van der Waals surface area (Å²) < 4.78 is 37.9. The summed E-state index contributed by atoms with van der Waals surface area (Å²) in [5.41, 5.74) is -0.864. The van der Waals surface area contributed by atoms with Gasteiger partial charge in [0.1, 0.15) is 0 Å². The van der Waals surface area contributed by atoms with Crippen LogP contribution in [0.25, 0.3) is 0 Å². The van der Waals surface area contributed by atoms with E-state index in [1.54, 1.807) is 0 Å². The minimum atomic E-state index is -4.47. The van der Waals surface area contributed by atoms with Crippen molar-refractivity contribution in [3.8, 4) is 0 Å². The highest BCUT2D eigenvalue weighted by Crippen LogP contribution is 2.34. The number of carbonyl (C=O) groups is 1. The maximum absolute atomic E-state index is 12.6. The van der Waals surface area contributed by atoms with Crippen molar-refractivity contribution in [1.82, 2.24) is 5.32 Å². The number of hydrogen-bond acceptors (Lipinski definition) is 2. The first-order valence-electron chi connectivity index (χ1n) is 6.20. The largest absolute Gasteiger partial charge is 0.416 e. The molecule has 3 nitrogen and oxygen atoms in total. The Hall–Kier alpha value is -1.27. The number of nitrogens with one attached hydrogen (secondary N) is 2. The number of hydrogen-bond donors (Lipinski definition) is 2. The van der Waals surface area contributed by atoms with Crippen molar-refractivity contribution in [2.45, 2.75) is 25.6 Å². The molecule has 0 aromatic heterocycles.